The van der Waals surface area contributed by atoms with Crippen molar-refractivity contribution < 1.29 is 14.3 Å². The van der Waals surface area contributed by atoms with Gasteiger partial charge in [-0.15, -0.1) is 0 Å². The number of ether oxygens (including phenoxy) is 1. The molecule has 0 aromatic heterocycles. The topological polar surface area (TPSA) is 43.4 Å². The van der Waals surface area contributed by atoms with E-state index < -0.39 is 11.8 Å². The maximum absolute atomic E-state index is 10.7. The van der Waals surface area contributed by atoms with Crippen molar-refractivity contribution in [1.82, 2.24) is 0 Å². The van der Waals surface area contributed by atoms with Crippen LogP contribution in [0.2, 0.25) is 0 Å². The van der Waals surface area contributed by atoms with E-state index in [1.165, 1.54) is 6.92 Å². The molecule has 0 heterocycles. The molecule has 0 atom stereocenters. The van der Waals surface area contributed by atoms with Crippen molar-refractivity contribution in [2.24, 2.45) is 0 Å². The summed E-state index contributed by atoms with van der Waals surface area (Å²) < 4.78 is 4.75. The van der Waals surface area contributed by atoms with Crippen LogP contribution < -0.4 is 0 Å². The zero-order valence-electron chi connectivity index (χ0n) is 6.42. The minimum absolute atomic E-state index is 0.544. The molecule has 0 unspecified atom stereocenters. The number of carbonyl (C=O) groups excluding carboxylic acids is 2. The molecule has 3 nitrogen and oxygen atoms in total. The maximum atomic E-state index is 10.7. The Hall–Kier alpha value is -1.12. The first-order valence-corrected chi connectivity index (χ1v) is 3.62. The predicted molar refractivity (Wildman–Crippen MR) is 38.7 cm³/mol. The molecular formula is C8H10O3. The van der Waals surface area contributed by atoms with Gasteiger partial charge < -0.3 is 4.74 Å². The highest BCUT2D eigenvalue weighted by molar-refractivity contribution is 6.32. The molecule has 0 N–H and O–H groups in total. The molecular weight excluding hydrogens is 144 g/mol. The van der Waals surface area contributed by atoms with E-state index in [1.54, 1.807) is 0 Å². The molecule has 0 bridgehead atoms. The average Bonchev–Trinajstić information content (AvgIpc) is 2.39. The minimum Gasteiger partial charge on any atom is -0.426 e. The van der Waals surface area contributed by atoms with Gasteiger partial charge in [-0.2, -0.15) is 0 Å². The Morgan fingerprint density at radius 1 is 1.55 bits per heavy atom. The van der Waals surface area contributed by atoms with Gasteiger partial charge in [0, 0.05) is 13.3 Å². The van der Waals surface area contributed by atoms with Crippen LogP contribution in [0.1, 0.15) is 26.2 Å². The third-order valence-electron chi connectivity index (χ3n) is 1.51. The monoisotopic (exact) mass is 154 g/mol. The second-order valence-corrected chi connectivity index (χ2v) is 2.51. The van der Waals surface area contributed by atoms with Crippen LogP contribution in [-0.4, -0.2) is 11.8 Å². The zero-order chi connectivity index (χ0) is 8.27. The van der Waals surface area contributed by atoms with Gasteiger partial charge in [0.25, 0.3) is 0 Å². The fourth-order valence-electron chi connectivity index (χ4n) is 0.925. The van der Waals surface area contributed by atoms with Crippen molar-refractivity contribution in [3.05, 3.63) is 11.8 Å². The summed E-state index contributed by atoms with van der Waals surface area (Å²) in [6, 6.07) is 0. The summed E-state index contributed by atoms with van der Waals surface area (Å²) >= 11 is 0. The first-order chi connectivity index (χ1) is 5.20. The van der Waals surface area contributed by atoms with Gasteiger partial charge in [0.2, 0.25) is 5.78 Å². The normalized spacial score (nSPS) is 15.9. The van der Waals surface area contributed by atoms with Crippen LogP contribution in [0, 0.1) is 0 Å². The maximum Gasteiger partial charge on any atom is 0.379 e. The van der Waals surface area contributed by atoms with E-state index in [4.69, 9.17) is 4.74 Å². The molecule has 1 rings (SSSR count). The quantitative estimate of drug-likeness (QED) is 0.443. The lowest BCUT2D eigenvalue weighted by Gasteiger charge is -1.99. The highest BCUT2D eigenvalue weighted by Crippen LogP contribution is 2.18. The van der Waals surface area contributed by atoms with Crippen LogP contribution >= 0.6 is 0 Å². The Morgan fingerprint density at radius 3 is 2.73 bits per heavy atom. The van der Waals surface area contributed by atoms with Crippen molar-refractivity contribution >= 4 is 11.8 Å². The van der Waals surface area contributed by atoms with Crippen molar-refractivity contribution in [3.8, 4) is 0 Å². The van der Waals surface area contributed by atoms with Crippen LogP contribution in [-0.2, 0) is 14.3 Å². The summed E-state index contributed by atoms with van der Waals surface area (Å²) in [5, 5.41) is 0. The van der Waals surface area contributed by atoms with Crippen molar-refractivity contribution in [2.45, 2.75) is 26.2 Å². The SMILES string of the molecule is CC(=O)C(=O)OC1=CCCC1. The number of esters is 1. The molecule has 0 radical (unpaired) electrons. The minimum atomic E-state index is -0.752. The first-order valence-electron chi connectivity index (χ1n) is 3.62. The van der Waals surface area contributed by atoms with Gasteiger partial charge >= 0.3 is 5.97 Å². The van der Waals surface area contributed by atoms with Gasteiger partial charge in [0.1, 0.15) is 5.76 Å². The highest BCUT2D eigenvalue weighted by Gasteiger charge is 2.13. The largest absolute Gasteiger partial charge is 0.426 e. The van der Waals surface area contributed by atoms with Crippen LogP contribution in [0.4, 0.5) is 0 Å². The van der Waals surface area contributed by atoms with Crippen LogP contribution in [0.5, 0.6) is 0 Å². The Balaban J connectivity index is 2.42. The van der Waals surface area contributed by atoms with Gasteiger partial charge in [-0.25, -0.2) is 4.79 Å². The summed E-state index contributed by atoms with van der Waals surface area (Å²) in [4.78, 5) is 21.1. The summed E-state index contributed by atoms with van der Waals surface area (Å²) in [5.41, 5.74) is 0. The molecule has 11 heavy (non-hydrogen) atoms. The Bertz CT molecular complexity index is 215. The fourth-order valence-corrected chi connectivity index (χ4v) is 0.925. The number of allylic oxidation sites excluding steroid dienone is 2. The van der Waals surface area contributed by atoms with Crippen molar-refractivity contribution in [3.63, 3.8) is 0 Å². The molecule has 0 saturated carbocycles. The number of rotatable bonds is 2. The lowest BCUT2D eigenvalue weighted by molar-refractivity contribution is -0.149. The molecule has 0 fully saturated rings. The molecule has 60 valence electrons. The molecule has 0 amide bonds. The summed E-state index contributed by atoms with van der Waals surface area (Å²) in [6.07, 6.45) is 4.58. The summed E-state index contributed by atoms with van der Waals surface area (Å²) in [6.45, 7) is 1.21. The smallest absolute Gasteiger partial charge is 0.379 e. The summed E-state index contributed by atoms with van der Waals surface area (Å²) in [7, 11) is 0. The lowest BCUT2D eigenvalue weighted by Crippen LogP contribution is -2.12. The second-order valence-electron chi connectivity index (χ2n) is 2.51. The van der Waals surface area contributed by atoms with E-state index in [2.05, 4.69) is 0 Å². The zero-order valence-corrected chi connectivity index (χ0v) is 6.42. The van der Waals surface area contributed by atoms with Gasteiger partial charge in [-0.05, 0) is 18.9 Å². The van der Waals surface area contributed by atoms with Crippen molar-refractivity contribution in [1.29, 1.82) is 0 Å². The van der Waals surface area contributed by atoms with E-state index in [9.17, 15) is 9.59 Å². The Labute approximate surface area is 65.0 Å². The number of ketones is 1. The Morgan fingerprint density at radius 2 is 2.27 bits per heavy atom. The first kappa shape index (κ1) is 7.98. The van der Waals surface area contributed by atoms with E-state index in [-0.39, 0.29) is 0 Å². The lowest BCUT2D eigenvalue weighted by atomic mass is 10.3. The number of carbonyl (C=O) groups is 2. The molecule has 1 aliphatic rings. The summed E-state index contributed by atoms with van der Waals surface area (Å²) in [5.74, 6) is -0.652. The Kier molecular flexibility index (Phi) is 2.41. The molecule has 0 aliphatic heterocycles. The third-order valence-corrected chi connectivity index (χ3v) is 1.51. The molecule has 0 aromatic carbocycles. The molecule has 0 aromatic rings. The average molecular weight is 154 g/mol. The predicted octanol–water partition coefficient (Wildman–Crippen LogP) is 1.19. The third kappa shape index (κ3) is 2.18. The molecule has 0 saturated heterocycles. The van der Waals surface area contributed by atoms with E-state index in [0.29, 0.717) is 5.76 Å². The van der Waals surface area contributed by atoms with E-state index in [1.807, 2.05) is 6.08 Å². The number of Topliss-reactive ketones (excluding diaryl/α,β-unsaturated/α-hetero) is 1. The van der Waals surface area contributed by atoms with Gasteiger partial charge in [-0.1, -0.05) is 0 Å². The van der Waals surface area contributed by atoms with Crippen LogP contribution in [0.15, 0.2) is 11.8 Å². The van der Waals surface area contributed by atoms with Gasteiger partial charge in [-0.3, -0.25) is 4.79 Å². The number of hydrogen-bond acceptors (Lipinski definition) is 3. The molecule has 3 heteroatoms. The second kappa shape index (κ2) is 3.32. The number of hydrogen-bond donors (Lipinski definition) is 0. The van der Waals surface area contributed by atoms with Crippen LogP contribution in [0.3, 0.4) is 0 Å². The van der Waals surface area contributed by atoms with Gasteiger partial charge in [0.05, 0.1) is 0 Å². The van der Waals surface area contributed by atoms with Crippen LogP contribution in [0.25, 0.3) is 0 Å². The van der Waals surface area contributed by atoms with Gasteiger partial charge in [0.15, 0.2) is 0 Å². The standard InChI is InChI=1S/C8H10O3/c1-6(9)8(10)11-7-4-2-3-5-7/h4H,2-3,5H2,1H3. The van der Waals surface area contributed by atoms with E-state index >= 15 is 0 Å². The molecule has 0 spiro atoms. The van der Waals surface area contributed by atoms with Crippen molar-refractivity contribution in [2.75, 3.05) is 0 Å². The highest BCUT2D eigenvalue weighted by atomic mass is 16.5. The molecule has 1 aliphatic carbocycles. The van der Waals surface area contributed by atoms with E-state index in [0.717, 1.165) is 19.3 Å². The fraction of sp³-hybridized carbons (Fsp3) is 0.500.